The van der Waals surface area contributed by atoms with E-state index in [1.54, 1.807) is 0 Å². The largest absolute Gasteiger partial charge is 0.487 e. The molecule has 18 heavy (non-hydrogen) atoms. The third-order valence-corrected chi connectivity index (χ3v) is 4.15. The topological polar surface area (TPSA) is 9.23 Å². The van der Waals surface area contributed by atoms with Crippen molar-refractivity contribution in [1.82, 2.24) is 0 Å². The Labute approximate surface area is 136 Å². The van der Waals surface area contributed by atoms with Gasteiger partial charge in [0.2, 0.25) is 0 Å². The number of benzene rings is 2. The molecule has 94 valence electrons. The molecule has 1 nitrogen and oxygen atoms in total. The zero-order valence-corrected chi connectivity index (χ0v) is 14.6. The van der Waals surface area contributed by atoms with Gasteiger partial charge in [-0.15, -0.1) is 0 Å². The van der Waals surface area contributed by atoms with Gasteiger partial charge in [-0.25, -0.2) is 0 Å². The molecule has 0 spiro atoms. The molecule has 0 bridgehead atoms. The first kappa shape index (κ1) is 14.4. The van der Waals surface area contributed by atoms with Crippen molar-refractivity contribution in [2.75, 3.05) is 0 Å². The van der Waals surface area contributed by atoms with E-state index >= 15 is 0 Å². The average molecular weight is 455 g/mol. The van der Waals surface area contributed by atoms with Crippen LogP contribution in [0.2, 0.25) is 5.02 Å². The fourth-order valence-corrected chi connectivity index (χ4v) is 4.02. The molecule has 0 aliphatic rings. The molecule has 0 heterocycles. The Kier molecular flexibility index (Phi) is 5.13. The van der Waals surface area contributed by atoms with Gasteiger partial charge in [0.1, 0.15) is 12.4 Å². The van der Waals surface area contributed by atoms with Gasteiger partial charge < -0.3 is 4.74 Å². The Morgan fingerprint density at radius 3 is 2.06 bits per heavy atom. The second kappa shape index (κ2) is 6.42. The molecular formula is C13H8Br3ClO. The number of hydrogen-bond acceptors (Lipinski definition) is 1. The maximum absolute atomic E-state index is 5.84. The summed E-state index contributed by atoms with van der Waals surface area (Å²) in [5.74, 6) is 0.785. The minimum Gasteiger partial charge on any atom is -0.487 e. The summed E-state index contributed by atoms with van der Waals surface area (Å²) in [4.78, 5) is 0. The molecule has 5 heteroatoms. The highest BCUT2D eigenvalue weighted by atomic mass is 79.9. The van der Waals surface area contributed by atoms with E-state index in [0.29, 0.717) is 6.61 Å². The SMILES string of the molecule is Clc1ccc(COc2c(Br)cc(Br)cc2Br)cc1. The Balaban J connectivity index is 2.13. The van der Waals surface area contributed by atoms with Crippen LogP contribution in [-0.2, 0) is 6.61 Å². The quantitative estimate of drug-likeness (QED) is 0.535. The first-order valence-corrected chi connectivity index (χ1v) is 7.84. The maximum Gasteiger partial charge on any atom is 0.148 e. The van der Waals surface area contributed by atoms with Crippen LogP contribution in [-0.4, -0.2) is 0 Å². The van der Waals surface area contributed by atoms with Gasteiger partial charge in [-0.2, -0.15) is 0 Å². The van der Waals surface area contributed by atoms with Gasteiger partial charge in [-0.3, -0.25) is 0 Å². The van der Waals surface area contributed by atoms with E-state index in [1.807, 2.05) is 36.4 Å². The van der Waals surface area contributed by atoms with E-state index in [4.69, 9.17) is 16.3 Å². The Morgan fingerprint density at radius 2 is 1.50 bits per heavy atom. The summed E-state index contributed by atoms with van der Waals surface area (Å²) in [6.45, 7) is 0.496. The van der Waals surface area contributed by atoms with Crippen LogP contribution in [0.3, 0.4) is 0 Å². The number of rotatable bonds is 3. The van der Waals surface area contributed by atoms with Crippen molar-refractivity contribution < 1.29 is 4.74 Å². The highest BCUT2D eigenvalue weighted by Crippen LogP contribution is 2.36. The van der Waals surface area contributed by atoms with E-state index in [1.165, 1.54) is 0 Å². The normalized spacial score (nSPS) is 10.4. The Hall–Kier alpha value is -0.0300. The molecule has 0 amide bonds. The van der Waals surface area contributed by atoms with Crippen molar-refractivity contribution in [3.05, 3.63) is 60.4 Å². The van der Waals surface area contributed by atoms with E-state index in [2.05, 4.69) is 47.8 Å². The van der Waals surface area contributed by atoms with Gasteiger partial charge >= 0.3 is 0 Å². The summed E-state index contributed by atoms with van der Waals surface area (Å²) in [6.07, 6.45) is 0. The number of halogens is 4. The molecule has 2 aromatic carbocycles. The lowest BCUT2D eigenvalue weighted by molar-refractivity contribution is 0.302. The van der Waals surface area contributed by atoms with E-state index in [9.17, 15) is 0 Å². The molecule has 2 aromatic rings. The summed E-state index contributed by atoms with van der Waals surface area (Å²) < 4.78 is 8.58. The monoisotopic (exact) mass is 452 g/mol. The zero-order chi connectivity index (χ0) is 13.1. The lowest BCUT2D eigenvalue weighted by Gasteiger charge is -2.11. The van der Waals surface area contributed by atoms with Crippen molar-refractivity contribution in [3.8, 4) is 5.75 Å². The fraction of sp³-hybridized carbons (Fsp3) is 0.0769. The highest BCUT2D eigenvalue weighted by Gasteiger charge is 2.08. The van der Waals surface area contributed by atoms with Gasteiger partial charge in [-0.05, 0) is 61.7 Å². The minimum atomic E-state index is 0.496. The van der Waals surface area contributed by atoms with Crippen LogP contribution in [0.5, 0.6) is 5.75 Å². The van der Waals surface area contributed by atoms with Crippen LogP contribution in [0.25, 0.3) is 0 Å². The lowest BCUT2D eigenvalue weighted by Crippen LogP contribution is -1.96. The summed E-state index contributed by atoms with van der Waals surface area (Å²) in [6, 6.07) is 11.5. The molecule has 0 unspecified atom stereocenters. The van der Waals surface area contributed by atoms with Gasteiger partial charge in [0, 0.05) is 9.50 Å². The summed E-state index contributed by atoms with van der Waals surface area (Å²) in [5.41, 5.74) is 1.07. The van der Waals surface area contributed by atoms with Gasteiger partial charge in [0.05, 0.1) is 8.95 Å². The Morgan fingerprint density at radius 1 is 0.944 bits per heavy atom. The van der Waals surface area contributed by atoms with Crippen molar-refractivity contribution in [2.24, 2.45) is 0 Å². The molecule has 0 aliphatic carbocycles. The molecule has 0 aromatic heterocycles. The molecule has 2 rings (SSSR count). The highest BCUT2D eigenvalue weighted by molar-refractivity contribution is 9.11. The average Bonchev–Trinajstić information content (AvgIpc) is 2.30. The second-order valence-corrected chi connectivity index (χ2v) is 6.67. The maximum atomic E-state index is 5.84. The second-order valence-electron chi connectivity index (χ2n) is 3.61. The number of ether oxygens (including phenoxy) is 1. The van der Waals surface area contributed by atoms with Gasteiger partial charge in [-0.1, -0.05) is 39.7 Å². The van der Waals surface area contributed by atoms with Crippen molar-refractivity contribution in [1.29, 1.82) is 0 Å². The van der Waals surface area contributed by atoms with Crippen LogP contribution < -0.4 is 4.74 Å². The van der Waals surface area contributed by atoms with Crippen LogP contribution in [0.1, 0.15) is 5.56 Å². The third kappa shape index (κ3) is 3.73. The fourth-order valence-electron chi connectivity index (χ4n) is 1.40. The summed E-state index contributed by atoms with van der Waals surface area (Å²) >= 11 is 16.2. The molecule has 0 N–H and O–H groups in total. The van der Waals surface area contributed by atoms with Crippen molar-refractivity contribution in [2.45, 2.75) is 6.61 Å². The van der Waals surface area contributed by atoms with E-state index in [-0.39, 0.29) is 0 Å². The minimum absolute atomic E-state index is 0.496. The summed E-state index contributed by atoms with van der Waals surface area (Å²) in [7, 11) is 0. The molecule has 0 radical (unpaired) electrons. The predicted molar refractivity (Wildman–Crippen MR) is 85.3 cm³/mol. The van der Waals surface area contributed by atoms with Gasteiger partial charge in [0.25, 0.3) is 0 Å². The first-order valence-electron chi connectivity index (χ1n) is 5.08. The number of hydrogen-bond donors (Lipinski definition) is 0. The van der Waals surface area contributed by atoms with Crippen LogP contribution >= 0.6 is 59.4 Å². The predicted octanol–water partition coefficient (Wildman–Crippen LogP) is 6.21. The van der Waals surface area contributed by atoms with Crippen LogP contribution in [0.4, 0.5) is 0 Å². The van der Waals surface area contributed by atoms with Crippen LogP contribution in [0, 0.1) is 0 Å². The van der Waals surface area contributed by atoms with Crippen molar-refractivity contribution in [3.63, 3.8) is 0 Å². The van der Waals surface area contributed by atoms with Crippen molar-refractivity contribution >= 4 is 59.4 Å². The standard InChI is InChI=1S/C13H8Br3ClO/c14-9-5-11(15)13(12(16)6-9)18-7-8-1-3-10(17)4-2-8/h1-6H,7H2. The molecule has 0 fully saturated rings. The molecule has 0 saturated heterocycles. The molecule has 0 aliphatic heterocycles. The van der Waals surface area contributed by atoms with E-state index in [0.717, 1.165) is 29.8 Å². The molecule has 0 saturated carbocycles. The first-order chi connectivity index (χ1) is 8.56. The van der Waals surface area contributed by atoms with Crippen LogP contribution in [0.15, 0.2) is 49.8 Å². The third-order valence-electron chi connectivity index (χ3n) is 2.26. The van der Waals surface area contributed by atoms with E-state index < -0.39 is 0 Å². The lowest BCUT2D eigenvalue weighted by atomic mass is 10.2. The van der Waals surface area contributed by atoms with Gasteiger partial charge in [0.15, 0.2) is 0 Å². The molecular weight excluding hydrogens is 447 g/mol. The zero-order valence-electron chi connectivity index (χ0n) is 9.09. The Bertz CT molecular complexity index is 532. The summed E-state index contributed by atoms with van der Waals surface area (Å²) in [5, 5.41) is 0.727. The molecule has 0 atom stereocenters. The smallest absolute Gasteiger partial charge is 0.148 e.